The number of carbonyl (C=O) groups excluding carboxylic acids is 1. The molecule has 1 heterocycles. The minimum atomic E-state index is -5.77. The Labute approximate surface area is 270 Å². The third-order valence-corrected chi connectivity index (χ3v) is 7.94. The number of sulfonamides is 1. The van der Waals surface area contributed by atoms with Crippen LogP contribution >= 0.6 is 7.82 Å². The summed E-state index contributed by atoms with van der Waals surface area (Å²) < 4.78 is 85.8. The molecule has 1 amide bonds. The van der Waals surface area contributed by atoms with E-state index in [9.17, 15) is 27.6 Å². The topological polar surface area (TPSA) is 183 Å². The van der Waals surface area contributed by atoms with Crippen molar-refractivity contribution in [3.63, 3.8) is 0 Å². The summed E-state index contributed by atoms with van der Waals surface area (Å²) in [5.41, 5.74) is 6.55. The van der Waals surface area contributed by atoms with Crippen molar-refractivity contribution in [1.82, 2.24) is 9.62 Å². The Kier molecular flexibility index (Phi) is 11.4. The largest absolute Gasteiger partial charge is 2.00 e. The summed E-state index contributed by atoms with van der Waals surface area (Å²) >= 11 is 0. The van der Waals surface area contributed by atoms with E-state index in [1.54, 1.807) is 44.2 Å². The summed E-state index contributed by atoms with van der Waals surface area (Å²) in [5, 5.41) is 2.37. The number of rotatable bonds is 13. The summed E-state index contributed by atoms with van der Waals surface area (Å²) in [4.78, 5) is 36.6. The van der Waals surface area contributed by atoms with Gasteiger partial charge in [0.15, 0.2) is 0 Å². The van der Waals surface area contributed by atoms with Crippen LogP contribution in [-0.4, -0.2) is 101 Å². The number of benzene rings is 2. The van der Waals surface area contributed by atoms with Crippen LogP contribution in [-0.2, 0) is 35.0 Å². The Bertz CT molecular complexity index is 1400. The van der Waals surface area contributed by atoms with Gasteiger partial charge in [-0.25, -0.2) is 13.2 Å². The van der Waals surface area contributed by atoms with Gasteiger partial charge in [-0.05, 0) is 42.2 Å². The van der Waals surface area contributed by atoms with Crippen LogP contribution in [0.25, 0.3) is 0 Å². The van der Waals surface area contributed by atoms with Crippen molar-refractivity contribution in [3.8, 4) is 0 Å². The van der Waals surface area contributed by atoms with Crippen molar-refractivity contribution in [1.29, 1.82) is 0 Å². The molecule has 0 aliphatic carbocycles. The summed E-state index contributed by atoms with van der Waals surface area (Å²) in [6.45, 7) is -2.46. The molecular weight excluding hydrogens is 589 g/mol. The van der Waals surface area contributed by atoms with Crippen LogP contribution in [0.15, 0.2) is 59.5 Å². The van der Waals surface area contributed by atoms with Crippen molar-refractivity contribution in [2.45, 2.75) is 49.8 Å². The number of nitrogens with zero attached hydrogens (tertiary/aromatic N) is 1. The predicted molar refractivity (Wildman–Crippen MR) is 145 cm³/mol. The van der Waals surface area contributed by atoms with Crippen LogP contribution < -0.4 is 20.8 Å². The molecule has 1 aliphatic rings. The maximum absolute atomic E-state index is 13.6. The minimum absolute atomic E-state index is 0. The number of ether oxygens (including phenoxy) is 2. The summed E-state index contributed by atoms with van der Waals surface area (Å²) in [5.74, 6) is -0.263. The number of alkyl carbamates (subject to hydrolysis) is 1. The van der Waals surface area contributed by atoms with Gasteiger partial charge < -0.3 is 39.4 Å². The second-order valence-electron chi connectivity index (χ2n) is 9.28. The van der Waals surface area contributed by atoms with Crippen LogP contribution in [0.4, 0.5) is 10.5 Å². The van der Waals surface area contributed by atoms with Crippen LogP contribution in [0.3, 0.4) is 0 Å². The molecular formula is C25H34CaN3O9PS. The van der Waals surface area contributed by atoms with Gasteiger partial charge in [-0.3, -0.25) is 0 Å². The molecule has 2 aromatic carbocycles. The first-order chi connectivity index (χ1) is 19.8. The molecule has 216 valence electrons. The molecule has 0 unspecified atom stereocenters. The Morgan fingerprint density at radius 1 is 1.20 bits per heavy atom. The number of carbonyl (C=O) groups is 1. The van der Waals surface area contributed by atoms with Gasteiger partial charge in [0.2, 0.25) is 10.0 Å². The second-order valence-corrected chi connectivity index (χ2v) is 12.3. The van der Waals surface area contributed by atoms with Crippen LogP contribution in [0.1, 0.15) is 31.3 Å². The van der Waals surface area contributed by atoms with E-state index in [0.717, 1.165) is 4.31 Å². The molecule has 2 aromatic rings. The third-order valence-electron chi connectivity index (χ3n) is 5.57. The zero-order valence-electron chi connectivity index (χ0n) is 26.1. The fourth-order valence-electron chi connectivity index (χ4n) is 3.86. The van der Waals surface area contributed by atoms with E-state index < -0.39 is 68.3 Å². The summed E-state index contributed by atoms with van der Waals surface area (Å²) in [6, 6.07) is 12.2. The standard InChI is InChI=1S/C25H36N3O9PS.Ca/c1-18(2)15-28(39(33,34)22-10-8-20(26)9-11-22)16-24(37-38(30,31)32)23(14-19-6-4-3-5-7-19)27-25(29)36-21-12-13-35-17-21;/h3-11,18,21,23-24H,12-17,26H2,1-2H3,(H,27,29)(H2,30,31,32);/q;+2/p-2/t21-,23+,24-;/m1./s1/i13D2,17D2;. The Morgan fingerprint density at radius 3 is 2.40 bits per heavy atom. The normalized spacial score (nSPS) is 21.3. The maximum Gasteiger partial charge on any atom is 2.00 e. The predicted octanol–water partition coefficient (Wildman–Crippen LogP) is 0.875. The van der Waals surface area contributed by atoms with Crippen LogP contribution in [0, 0.1) is 5.92 Å². The molecule has 0 aromatic heterocycles. The Morgan fingerprint density at radius 2 is 1.85 bits per heavy atom. The van der Waals surface area contributed by atoms with E-state index in [1.807, 2.05) is 0 Å². The average Bonchev–Trinajstić information content (AvgIpc) is 3.07. The number of hydrogen-bond donors (Lipinski definition) is 2. The molecule has 40 heavy (non-hydrogen) atoms. The smallest absolute Gasteiger partial charge is 0.790 e. The molecule has 3 rings (SSSR count). The molecule has 1 aliphatic heterocycles. The molecule has 1 saturated heterocycles. The number of phosphoric acid groups is 1. The van der Waals surface area contributed by atoms with Crippen molar-refractivity contribution in [2.24, 2.45) is 5.92 Å². The number of hydrogen-bond acceptors (Lipinski definition) is 10. The van der Waals surface area contributed by atoms with Gasteiger partial charge in [0.05, 0.1) is 43.5 Å². The van der Waals surface area contributed by atoms with Crippen molar-refractivity contribution < 1.29 is 47.0 Å². The van der Waals surface area contributed by atoms with E-state index in [1.165, 1.54) is 24.3 Å². The van der Waals surface area contributed by atoms with Gasteiger partial charge >= 0.3 is 43.8 Å². The van der Waals surface area contributed by atoms with Gasteiger partial charge in [0.1, 0.15) is 6.10 Å². The molecule has 0 spiro atoms. The third kappa shape index (κ3) is 11.2. The van der Waals surface area contributed by atoms with Gasteiger partial charge in [-0.1, -0.05) is 44.2 Å². The molecule has 3 atom stereocenters. The minimum Gasteiger partial charge on any atom is -0.790 e. The first kappa shape index (κ1) is 28.8. The van der Waals surface area contributed by atoms with Crippen molar-refractivity contribution >= 4 is 67.4 Å². The average molecular weight is 628 g/mol. The number of anilines is 1. The SMILES string of the molecule is [2H]C1([2H])C[C@@H](OC(=O)N[C@@H](Cc2ccccc2)[C@@H](CN(CC(C)C)S(=O)(=O)c2ccc(N)cc2)OP(=O)([O-])[O-])C([2H])([2H])O1.[Ca+2]. The molecule has 3 N–H and O–H groups in total. The quantitative estimate of drug-likeness (QED) is 0.184. The fourth-order valence-corrected chi connectivity index (χ4v) is 6.02. The van der Waals surface area contributed by atoms with Gasteiger partial charge in [0, 0.05) is 25.2 Å². The van der Waals surface area contributed by atoms with Crippen LogP contribution in [0.5, 0.6) is 0 Å². The van der Waals surface area contributed by atoms with Crippen molar-refractivity contribution in [2.75, 3.05) is 31.9 Å². The zero-order chi connectivity index (χ0) is 32.2. The first-order valence-corrected chi connectivity index (χ1v) is 14.9. The van der Waals surface area contributed by atoms with E-state index in [0.29, 0.717) is 11.3 Å². The number of amides is 1. The molecule has 15 heteroatoms. The number of phosphoric ester groups is 1. The van der Waals surface area contributed by atoms with E-state index in [-0.39, 0.29) is 61.5 Å². The second kappa shape index (κ2) is 15.8. The van der Waals surface area contributed by atoms with E-state index in [2.05, 4.69) is 10.1 Å². The molecule has 12 nitrogen and oxygen atoms in total. The molecule has 1 fully saturated rings. The fraction of sp³-hybridized carbons (Fsp3) is 0.480. The Balaban J connectivity index is 0.00000675. The number of nitrogen functional groups attached to an aromatic ring is 1. The van der Waals surface area contributed by atoms with Gasteiger partial charge in [0.25, 0.3) is 0 Å². The first-order valence-electron chi connectivity index (χ1n) is 14.0. The van der Waals surface area contributed by atoms with Gasteiger partial charge in [-0.15, -0.1) is 0 Å². The van der Waals surface area contributed by atoms with Gasteiger partial charge in [-0.2, -0.15) is 4.31 Å². The summed E-state index contributed by atoms with van der Waals surface area (Å²) in [7, 11) is -10.1. The number of nitrogens with two attached hydrogens (primary N) is 1. The number of nitrogens with one attached hydrogen (secondary N) is 1. The monoisotopic (exact) mass is 627 g/mol. The maximum atomic E-state index is 13.6. The molecule has 0 saturated carbocycles. The van der Waals surface area contributed by atoms with E-state index >= 15 is 0 Å². The van der Waals surface area contributed by atoms with Crippen LogP contribution in [0.2, 0.25) is 0 Å². The van der Waals surface area contributed by atoms with Crippen molar-refractivity contribution in [3.05, 3.63) is 60.2 Å². The molecule has 0 radical (unpaired) electrons. The zero-order valence-corrected chi connectivity index (χ0v) is 26.0. The Hall–Kier alpha value is -1.25. The molecule has 0 bridgehead atoms. The van der Waals surface area contributed by atoms with E-state index in [4.69, 9.17) is 20.5 Å². The summed E-state index contributed by atoms with van der Waals surface area (Å²) in [6.07, 6.45) is -5.53.